The average Bonchev–Trinajstić information content (AvgIpc) is 2.71. The largest absolute Gasteiger partial charge is 0.493 e. The van der Waals surface area contributed by atoms with E-state index in [1.807, 2.05) is 18.2 Å². The molecule has 1 aromatic rings. The number of rotatable bonds is 6. The van der Waals surface area contributed by atoms with E-state index in [2.05, 4.69) is 10.2 Å². The van der Waals surface area contributed by atoms with Gasteiger partial charge in [0, 0.05) is 32.7 Å². The molecule has 2 heterocycles. The minimum atomic E-state index is -0.470. The molecule has 0 radical (unpaired) electrons. The molecule has 8 nitrogen and oxygen atoms in total. The third-order valence-electron chi connectivity index (χ3n) is 5.01. The summed E-state index contributed by atoms with van der Waals surface area (Å²) in [5.41, 5.74) is 1.01. The number of amides is 2. The van der Waals surface area contributed by atoms with E-state index in [1.165, 1.54) is 0 Å². The quantitative estimate of drug-likeness (QED) is 0.766. The summed E-state index contributed by atoms with van der Waals surface area (Å²) in [5, 5.41) is 2.88. The van der Waals surface area contributed by atoms with Crippen molar-refractivity contribution in [1.82, 2.24) is 15.1 Å². The van der Waals surface area contributed by atoms with E-state index in [0.717, 1.165) is 5.56 Å². The second kappa shape index (κ2) is 9.05. The monoisotopic (exact) mass is 377 g/mol. The van der Waals surface area contributed by atoms with Crippen molar-refractivity contribution < 1.29 is 23.8 Å². The molecular formula is C19H27N3O5. The molecule has 0 aromatic heterocycles. The zero-order chi connectivity index (χ0) is 19.2. The molecule has 0 spiro atoms. The Balaban J connectivity index is 1.70. The van der Waals surface area contributed by atoms with Gasteiger partial charge in [0.05, 0.1) is 39.9 Å². The number of methoxy groups -OCH3 is 2. The minimum Gasteiger partial charge on any atom is -0.493 e. The van der Waals surface area contributed by atoms with Crippen LogP contribution in [0.3, 0.4) is 0 Å². The van der Waals surface area contributed by atoms with Gasteiger partial charge in [-0.1, -0.05) is 6.07 Å². The minimum absolute atomic E-state index is 0.00217. The van der Waals surface area contributed by atoms with Gasteiger partial charge in [-0.05, 0) is 17.7 Å². The second-order valence-electron chi connectivity index (χ2n) is 6.66. The maximum absolute atomic E-state index is 12.6. The Morgan fingerprint density at radius 1 is 1.19 bits per heavy atom. The maximum Gasteiger partial charge on any atom is 0.237 e. The van der Waals surface area contributed by atoms with Crippen molar-refractivity contribution in [3.63, 3.8) is 0 Å². The van der Waals surface area contributed by atoms with Gasteiger partial charge < -0.3 is 24.4 Å². The van der Waals surface area contributed by atoms with Crippen molar-refractivity contribution >= 4 is 11.8 Å². The zero-order valence-corrected chi connectivity index (χ0v) is 15.9. The first-order valence-corrected chi connectivity index (χ1v) is 9.20. The highest BCUT2D eigenvalue weighted by Gasteiger charge is 2.33. The van der Waals surface area contributed by atoms with Crippen LogP contribution in [0.1, 0.15) is 12.0 Å². The summed E-state index contributed by atoms with van der Waals surface area (Å²) in [6.45, 7) is 4.12. The highest BCUT2D eigenvalue weighted by molar-refractivity contribution is 5.88. The topological polar surface area (TPSA) is 80.3 Å². The lowest BCUT2D eigenvalue weighted by Crippen LogP contribution is -2.56. The Labute approximate surface area is 159 Å². The van der Waals surface area contributed by atoms with Crippen molar-refractivity contribution in [2.75, 3.05) is 53.6 Å². The lowest BCUT2D eigenvalue weighted by atomic mass is 10.1. The molecule has 2 fully saturated rings. The van der Waals surface area contributed by atoms with Crippen molar-refractivity contribution in [3.8, 4) is 11.5 Å². The molecule has 2 saturated heterocycles. The maximum atomic E-state index is 12.6. The van der Waals surface area contributed by atoms with Gasteiger partial charge in [0.2, 0.25) is 11.8 Å². The molecule has 2 aliphatic rings. The van der Waals surface area contributed by atoms with Crippen LogP contribution in [0.2, 0.25) is 0 Å². The molecular weight excluding hydrogens is 350 g/mol. The van der Waals surface area contributed by atoms with E-state index in [9.17, 15) is 9.59 Å². The van der Waals surface area contributed by atoms with Crippen LogP contribution in [0, 0.1) is 0 Å². The Kier molecular flexibility index (Phi) is 6.52. The molecule has 0 saturated carbocycles. The summed E-state index contributed by atoms with van der Waals surface area (Å²) in [5.74, 6) is 1.22. The molecule has 1 N–H and O–H groups in total. The highest BCUT2D eigenvalue weighted by atomic mass is 16.5. The van der Waals surface area contributed by atoms with Crippen LogP contribution in [-0.4, -0.2) is 81.3 Å². The smallest absolute Gasteiger partial charge is 0.237 e. The Hall–Kier alpha value is -2.32. The Bertz CT molecular complexity index is 675. The first kappa shape index (κ1) is 19.4. The van der Waals surface area contributed by atoms with Crippen LogP contribution in [0.5, 0.6) is 11.5 Å². The number of nitrogens with zero attached hydrogens (tertiary/aromatic N) is 2. The van der Waals surface area contributed by atoms with Crippen LogP contribution in [0.4, 0.5) is 0 Å². The molecule has 0 aliphatic carbocycles. The van der Waals surface area contributed by atoms with E-state index in [0.29, 0.717) is 57.4 Å². The van der Waals surface area contributed by atoms with E-state index < -0.39 is 6.04 Å². The molecule has 1 aromatic carbocycles. The fraction of sp³-hybridized carbons (Fsp3) is 0.579. The molecule has 1 atom stereocenters. The predicted octanol–water partition coefficient (Wildman–Crippen LogP) is 0.253. The molecule has 2 amide bonds. The van der Waals surface area contributed by atoms with E-state index >= 15 is 0 Å². The molecule has 2 aliphatic heterocycles. The summed E-state index contributed by atoms with van der Waals surface area (Å²) >= 11 is 0. The highest BCUT2D eigenvalue weighted by Crippen LogP contribution is 2.28. The van der Waals surface area contributed by atoms with Crippen LogP contribution in [0.25, 0.3) is 0 Å². The van der Waals surface area contributed by atoms with Crippen LogP contribution >= 0.6 is 0 Å². The summed E-state index contributed by atoms with van der Waals surface area (Å²) in [4.78, 5) is 28.9. The van der Waals surface area contributed by atoms with E-state index in [4.69, 9.17) is 14.2 Å². The number of carbonyl (C=O) groups is 2. The second-order valence-corrected chi connectivity index (χ2v) is 6.66. The van der Waals surface area contributed by atoms with Gasteiger partial charge in [0.15, 0.2) is 11.5 Å². The number of morpholine rings is 1. The average molecular weight is 377 g/mol. The number of ether oxygens (including phenoxy) is 3. The fourth-order valence-corrected chi connectivity index (χ4v) is 3.49. The van der Waals surface area contributed by atoms with Gasteiger partial charge in [-0.15, -0.1) is 0 Å². The van der Waals surface area contributed by atoms with Crippen molar-refractivity contribution in [3.05, 3.63) is 23.8 Å². The van der Waals surface area contributed by atoms with Gasteiger partial charge in [-0.25, -0.2) is 0 Å². The van der Waals surface area contributed by atoms with Crippen molar-refractivity contribution in [1.29, 1.82) is 0 Å². The molecule has 27 heavy (non-hydrogen) atoms. The number of piperazine rings is 1. The standard InChI is InChI=1S/C19H27N3O5/c1-25-16-4-3-14(11-17(16)26-2)13-22-6-5-20-19(24)15(22)12-18(23)21-7-9-27-10-8-21/h3-4,11,15H,5-10,12-13H2,1-2H3,(H,20,24). The lowest BCUT2D eigenvalue weighted by molar-refractivity contribution is -0.141. The van der Waals surface area contributed by atoms with Gasteiger partial charge in [-0.2, -0.15) is 0 Å². The summed E-state index contributed by atoms with van der Waals surface area (Å²) < 4.78 is 15.9. The molecule has 3 rings (SSSR count). The van der Waals surface area contributed by atoms with Crippen molar-refractivity contribution in [2.24, 2.45) is 0 Å². The van der Waals surface area contributed by atoms with Crippen LogP contribution < -0.4 is 14.8 Å². The lowest BCUT2D eigenvalue weighted by Gasteiger charge is -2.36. The van der Waals surface area contributed by atoms with Gasteiger partial charge in [-0.3, -0.25) is 14.5 Å². The Morgan fingerprint density at radius 3 is 2.63 bits per heavy atom. The van der Waals surface area contributed by atoms with Crippen LogP contribution in [0.15, 0.2) is 18.2 Å². The third kappa shape index (κ3) is 4.70. The Morgan fingerprint density at radius 2 is 1.93 bits per heavy atom. The normalized spacial score (nSPS) is 20.9. The molecule has 148 valence electrons. The van der Waals surface area contributed by atoms with Crippen LogP contribution in [-0.2, 0) is 20.9 Å². The van der Waals surface area contributed by atoms with E-state index in [-0.39, 0.29) is 18.2 Å². The summed E-state index contributed by atoms with van der Waals surface area (Å²) in [6.07, 6.45) is 0.180. The first-order chi connectivity index (χ1) is 13.1. The predicted molar refractivity (Wildman–Crippen MR) is 98.8 cm³/mol. The number of hydrogen-bond donors (Lipinski definition) is 1. The zero-order valence-electron chi connectivity index (χ0n) is 15.9. The molecule has 1 unspecified atom stereocenters. The number of hydrogen-bond acceptors (Lipinski definition) is 6. The first-order valence-electron chi connectivity index (χ1n) is 9.20. The van der Waals surface area contributed by atoms with Gasteiger partial charge >= 0.3 is 0 Å². The van der Waals surface area contributed by atoms with Gasteiger partial charge in [0.1, 0.15) is 0 Å². The van der Waals surface area contributed by atoms with Gasteiger partial charge in [0.25, 0.3) is 0 Å². The molecule has 8 heteroatoms. The SMILES string of the molecule is COc1ccc(CN2CCNC(=O)C2CC(=O)N2CCOCC2)cc1OC. The number of nitrogens with one attached hydrogen (secondary N) is 1. The summed E-state index contributed by atoms with van der Waals surface area (Å²) in [6, 6.07) is 5.25. The third-order valence-corrected chi connectivity index (χ3v) is 5.01. The van der Waals surface area contributed by atoms with Crippen molar-refractivity contribution in [2.45, 2.75) is 19.0 Å². The number of carbonyl (C=O) groups excluding carboxylic acids is 2. The number of benzene rings is 1. The molecule has 0 bridgehead atoms. The van der Waals surface area contributed by atoms with E-state index in [1.54, 1.807) is 19.1 Å². The fourth-order valence-electron chi connectivity index (χ4n) is 3.49. The summed E-state index contributed by atoms with van der Waals surface area (Å²) in [7, 11) is 3.19.